The summed E-state index contributed by atoms with van der Waals surface area (Å²) in [4.78, 5) is 0. The summed E-state index contributed by atoms with van der Waals surface area (Å²) in [6.45, 7) is 1.76. The van der Waals surface area contributed by atoms with Crippen LogP contribution < -0.4 is 0 Å². The summed E-state index contributed by atoms with van der Waals surface area (Å²) in [5, 5.41) is 0. The standard InChI is InChI=1S/C13H10BrF/c1-9-5-6-11(8-13(9)15)10-3-2-4-12(14)7-10/h2-8H,1H3. The van der Waals surface area contributed by atoms with Crippen LogP contribution in [-0.2, 0) is 0 Å². The molecule has 0 aliphatic carbocycles. The predicted octanol–water partition coefficient (Wildman–Crippen LogP) is 4.56. The molecule has 0 spiro atoms. The lowest BCUT2D eigenvalue weighted by atomic mass is 10.0. The van der Waals surface area contributed by atoms with Crippen molar-refractivity contribution in [2.45, 2.75) is 6.92 Å². The largest absolute Gasteiger partial charge is 0.207 e. The lowest BCUT2D eigenvalue weighted by Crippen LogP contribution is -1.84. The van der Waals surface area contributed by atoms with Crippen LogP contribution in [0.25, 0.3) is 11.1 Å². The Morgan fingerprint density at radius 2 is 1.73 bits per heavy atom. The normalized spacial score (nSPS) is 10.3. The molecule has 0 aliphatic rings. The van der Waals surface area contributed by atoms with Crippen molar-refractivity contribution in [2.75, 3.05) is 0 Å². The van der Waals surface area contributed by atoms with Crippen molar-refractivity contribution in [2.24, 2.45) is 0 Å². The maximum absolute atomic E-state index is 13.4. The van der Waals surface area contributed by atoms with Crippen LogP contribution in [0.15, 0.2) is 46.9 Å². The lowest BCUT2D eigenvalue weighted by molar-refractivity contribution is 0.619. The van der Waals surface area contributed by atoms with Gasteiger partial charge in [0.1, 0.15) is 5.82 Å². The highest BCUT2D eigenvalue weighted by Crippen LogP contribution is 2.24. The summed E-state index contributed by atoms with van der Waals surface area (Å²) in [6.07, 6.45) is 0. The van der Waals surface area contributed by atoms with Gasteiger partial charge in [-0.1, -0.05) is 40.2 Å². The van der Waals surface area contributed by atoms with E-state index in [9.17, 15) is 4.39 Å². The zero-order chi connectivity index (χ0) is 10.8. The molecular formula is C13H10BrF. The second-order valence-corrected chi connectivity index (χ2v) is 4.39. The van der Waals surface area contributed by atoms with Gasteiger partial charge in [0, 0.05) is 4.47 Å². The van der Waals surface area contributed by atoms with Crippen LogP contribution in [-0.4, -0.2) is 0 Å². The number of hydrogen-bond acceptors (Lipinski definition) is 0. The number of aryl methyl sites for hydroxylation is 1. The molecule has 15 heavy (non-hydrogen) atoms. The summed E-state index contributed by atoms with van der Waals surface area (Å²) in [5.74, 6) is -0.160. The molecule has 76 valence electrons. The molecule has 2 rings (SSSR count). The minimum Gasteiger partial charge on any atom is -0.207 e. The average molecular weight is 265 g/mol. The summed E-state index contributed by atoms with van der Waals surface area (Å²) < 4.78 is 14.4. The van der Waals surface area contributed by atoms with E-state index < -0.39 is 0 Å². The molecule has 2 aromatic rings. The van der Waals surface area contributed by atoms with Crippen molar-refractivity contribution < 1.29 is 4.39 Å². The maximum Gasteiger partial charge on any atom is 0.126 e. The molecule has 0 heterocycles. The van der Waals surface area contributed by atoms with Gasteiger partial charge in [-0.05, 0) is 41.8 Å². The fraction of sp³-hybridized carbons (Fsp3) is 0.0769. The van der Waals surface area contributed by atoms with E-state index in [1.165, 1.54) is 0 Å². The van der Waals surface area contributed by atoms with E-state index in [2.05, 4.69) is 15.9 Å². The fourth-order valence-electron chi connectivity index (χ4n) is 1.44. The first-order chi connectivity index (χ1) is 7.16. The first kappa shape index (κ1) is 10.4. The smallest absolute Gasteiger partial charge is 0.126 e. The van der Waals surface area contributed by atoms with E-state index in [0.29, 0.717) is 5.56 Å². The summed E-state index contributed by atoms with van der Waals surface area (Å²) in [5.41, 5.74) is 2.59. The minimum atomic E-state index is -0.160. The van der Waals surface area contributed by atoms with E-state index in [1.807, 2.05) is 30.3 Å². The van der Waals surface area contributed by atoms with Gasteiger partial charge >= 0.3 is 0 Å². The third-order valence-corrected chi connectivity index (χ3v) is 2.82. The van der Waals surface area contributed by atoms with Gasteiger partial charge in [-0.2, -0.15) is 0 Å². The fourth-order valence-corrected chi connectivity index (χ4v) is 1.84. The van der Waals surface area contributed by atoms with Crippen LogP contribution in [0.1, 0.15) is 5.56 Å². The molecule has 0 aliphatic heterocycles. The lowest BCUT2D eigenvalue weighted by Gasteiger charge is -2.03. The summed E-state index contributed by atoms with van der Waals surface area (Å²) >= 11 is 3.40. The van der Waals surface area contributed by atoms with Gasteiger partial charge in [0.2, 0.25) is 0 Å². The SMILES string of the molecule is Cc1ccc(-c2cccc(Br)c2)cc1F. The molecule has 0 fully saturated rings. The van der Waals surface area contributed by atoms with Crippen molar-refractivity contribution in [3.05, 3.63) is 58.3 Å². The van der Waals surface area contributed by atoms with Crippen LogP contribution in [0.4, 0.5) is 4.39 Å². The van der Waals surface area contributed by atoms with E-state index in [1.54, 1.807) is 19.1 Å². The molecule has 0 saturated carbocycles. The molecule has 0 aromatic heterocycles. The predicted molar refractivity (Wildman–Crippen MR) is 64.3 cm³/mol. The Balaban J connectivity index is 2.50. The van der Waals surface area contributed by atoms with Crippen molar-refractivity contribution >= 4 is 15.9 Å². The Morgan fingerprint density at radius 3 is 2.40 bits per heavy atom. The summed E-state index contributed by atoms with van der Waals surface area (Å²) in [7, 11) is 0. The monoisotopic (exact) mass is 264 g/mol. The third kappa shape index (κ3) is 2.26. The number of benzene rings is 2. The number of rotatable bonds is 1. The molecule has 0 amide bonds. The van der Waals surface area contributed by atoms with Crippen LogP contribution in [0.3, 0.4) is 0 Å². The van der Waals surface area contributed by atoms with Gasteiger partial charge in [-0.25, -0.2) is 4.39 Å². The zero-order valence-electron chi connectivity index (χ0n) is 8.30. The Kier molecular flexibility index (Phi) is 2.87. The highest BCUT2D eigenvalue weighted by atomic mass is 79.9. The topological polar surface area (TPSA) is 0 Å². The van der Waals surface area contributed by atoms with E-state index in [-0.39, 0.29) is 5.82 Å². The number of halogens is 2. The van der Waals surface area contributed by atoms with Gasteiger partial charge in [-0.3, -0.25) is 0 Å². The van der Waals surface area contributed by atoms with Crippen molar-refractivity contribution in [1.29, 1.82) is 0 Å². The van der Waals surface area contributed by atoms with E-state index in [4.69, 9.17) is 0 Å². The Morgan fingerprint density at radius 1 is 1.00 bits per heavy atom. The molecule has 0 nitrogen and oxygen atoms in total. The van der Waals surface area contributed by atoms with E-state index in [0.717, 1.165) is 15.6 Å². The molecule has 2 aromatic carbocycles. The molecule has 0 unspecified atom stereocenters. The first-order valence-electron chi connectivity index (χ1n) is 4.69. The van der Waals surface area contributed by atoms with Crippen LogP contribution in [0, 0.1) is 12.7 Å². The van der Waals surface area contributed by atoms with Crippen molar-refractivity contribution in [1.82, 2.24) is 0 Å². The van der Waals surface area contributed by atoms with Gasteiger partial charge in [-0.15, -0.1) is 0 Å². The van der Waals surface area contributed by atoms with Gasteiger partial charge in [0.25, 0.3) is 0 Å². The van der Waals surface area contributed by atoms with Crippen LogP contribution >= 0.6 is 15.9 Å². The quantitative estimate of drug-likeness (QED) is 0.708. The molecule has 0 atom stereocenters. The maximum atomic E-state index is 13.4. The second kappa shape index (κ2) is 4.15. The Labute approximate surface area is 96.9 Å². The van der Waals surface area contributed by atoms with Crippen molar-refractivity contribution in [3.8, 4) is 11.1 Å². The van der Waals surface area contributed by atoms with Crippen LogP contribution in [0.5, 0.6) is 0 Å². The minimum absolute atomic E-state index is 0.160. The molecular weight excluding hydrogens is 255 g/mol. The highest BCUT2D eigenvalue weighted by Gasteiger charge is 2.01. The molecule has 0 N–H and O–H groups in total. The third-order valence-electron chi connectivity index (χ3n) is 2.33. The molecule has 0 saturated heterocycles. The zero-order valence-corrected chi connectivity index (χ0v) is 9.88. The average Bonchev–Trinajstić information content (AvgIpc) is 2.22. The van der Waals surface area contributed by atoms with Gasteiger partial charge in [0.05, 0.1) is 0 Å². The highest BCUT2D eigenvalue weighted by molar-refractivity contribution is 9.10. The van der Waals surface area contributed by atoms with Gasteiger partial charge < -0.3 is 0 Å². The van der Waals surface area contributed by atoms with Crippen molar-refractivity contribution in [3.63, 3.8) is 0 Å². The number of hydrogen-bond donors (Lipinski definition) is 0. The molecule has 2 heteroatoms. The van der Waals surface area contributed by atoms with Gasteiger partial charge in [0.15, 0.2) is 0 Å². The molecule has 0 bridgehead atoms. The van der Waals surface area contributed by atoms with Crippen LogP contribution in [0.2, 0.25) is 0 Å². The Bertz CT molecular complexity index is 492. The molecule has 0 radical (unpaired) electrons. The second-order valence-electron chi connectivity index (χ2n) is 3.47. The summed E-state index contributed by atoms with van der Waals surface area (Å²) in [6, 6.07) is 13.1. The Hall–Kier alpha value is -1.15. The first-order valence-corrected chi connectivity index (χ1v) is 5.48. The van der Waals surface area contributed by atoms with E-state index >= 15 is 0 Å².